The molecular weight excluding hydrogens is 428 g/mol. The summed E-state index contributed by atoms with van der Waals surface area (Å²) in [7, 11) is -3.18. The van der Waals surface area contributed by atoms with Gasteiger partial charge in [0.05, 0.1) is 17.6 Å². The monoisotopic (exact) mass is 460 g/mol. The Morgan fingerprint density at radius 2 is 1.66 bits per heavy atom. The molecule has 1 fully saturated rings. The number of benzene rings is 2. The van der Waals surface area contributed by atoms with Crippen LogP contribution in [0.25, 0.3) is 0 Å². The van der Waals surface area contributed by atoms with Crippen molar-refractivity contribution in [2.24, 2.45) is 5.73 Å². The minimum atomic E-state index is -3.18. The number of hydrogen-bond donors (Lipinski definition) is 3. The summed E-state index contributed by atoms with van der Waals surface area (Å²) in [5, 5.41) is 13.6. The molecule has 0 aromatic heterocycles. The zero-order valence-electron chi connectivity index (χ0n) is 18.1. The van der Waals surface area contributed by atoms with Crippen molar-refractivity contribution in [3.63, 3.8) is 0 Å². The van der Waals surface area contributed by atoms with Gasteiger partial charge in [-0.2, -0.15) is 0 Å². The number of alkyl carbamates (subject to hydrolysis) is 1. The van der Waals surface area contributed by atoms with Crippen LogP contribution in [0.15, 0.2) is 60.7 Å². The van der Waals surface area contributed by atoms with E-state index in [1.807, 2.05) is 60.7 Å². The van der Waals surface area contributed by atoms with Crippen molar-refractivity contribution in [3.05, 3.63) is 71.8 Å². The lowest BCUT2D eigenvalue weighted by molar-refractivity contribution is 0.0893. The van der Waals surface area contributed by atoms with Gasteiger partial charge in [0.1, 0.15) is 6.10 Å². The van der Waals surface area contributed by atoms with Crippen LogP contribution in [0.3, 0.4) is 0 Å². The summed E-state index contributed by atoms with van der Waals surface area (Å²) in [6.45, 7) is 0. The lowest BCUT2D eigenvalue weighted by atomic mass is 9.94. The van der Waals surface area contributed by atoms with Crippen LogP contribution in [0.5, 0.6) is 0 Å². The zero-order chi connectivity index (χ0) is 23.0. The maximum Gasteiger partial charge on any atom is 0.407 e. The molecule has 4 atom stereocenters. The number of amides is 1. The van der Waals surface area contributed by atoms with E-state index in [9.17, 15) is 18.3 Å². The molecule has 0 saturated carbocycles. The lowest BCUT2D eigenvalue weighted by Crippen LogP contribution is -2.46. The maximum atomic E-state index is 12.5. The van der Waals surface area contributed by atoms with E-state index in [2.05, 4.69) is 5.32 Å². The predicted molar refractivity (Wildman–Crippen MR) is 124 cm³/mol. The molecule has 0 aliphatic carbocycles. The van der Waals surface area contributed by atoms with Crippen LogP contribution < -0.4 is 11.1 Å². The third kappa shape index (κ3) is 7.93. The van der Waals surface area contributed by atoms with Gasteiger partial charge in [-0.15, -0.1) is 0 Å². The van der Waals surface area contributed by atoms with Crippen molar-refractivity contribution in [2.75, 3.05) is 11.5 Å². The summed E-state index contributed by atoms with van der Waals surface area (Å²) in [4.78, 5) is 12.5. The third-order valence-corrected chi connectivity index (χ3v) is 7.47. The smallest absolute Gasteiger partial charge is 0.407 e. The number of aliphatic hydroxyl groups is 1. The van der Waals surface area contributed by atoms with E-state index in [0.717, 1.165) is 11.1 Å². The summed E-state index contributed by atoms with van der Waals surface area (Å²) in [6.07, 6.45) is 0.133. The molecule has 3 rings (SSSR count). The Morgan fingerprint density at radius 1 is 1.06 bits per heavy atom. The van der Waals surface area contributed by atoms with Crippen molar-refractivity contribution < 1.29 is 23.1 Å². The first-order valence-electron chi connectivity index (χ1n) is 11.0. The number of carbonyl (C=O) groups is 1. The highest BCUT2D eigenvalue weighted by atomic mass is 32.2. The molecule has 4 N–H and O–H groups in total. The van der Waals surface area contributed by atoms with Gasteiger partial charge < -0.3 is 20.9 Å². The third-order valence-electron chi connectivity index (χ3n) is 5.68. The molecule has 7 nitrogen and oxygen atoms in total. The molecule has 0 unspecified atom stereocenters. The molecule has 8 heteroatoms. The van der Waals surface area contributed by atoms with E-state index in [1.165, 1.54) is 0 Å². The normalized spacial score (nSPS) is 20.6. The van der Waals surface area contributed by atoms with E-state index in [1.54, 1.807) is 0 Å². The van der Waals surface area contributed by atoms with Gasteiger partial charge in [0.2, 0.25) is 0 Å². The molecule has 1 amide bonds. The molecule has 2 aromatic carbocycles. The molecule has 2 aromatic rings. The van der Waals surface area contributed by atoms with Crippen LogP contribution in [-0.2, 0) is 27.4 Å². The maximum absolute atomic E-state index is 12.5. The Labute approximate surface area is 189 Å². The molecule has 0 radical (unpaired) electrons. The predicted octanol–water partition coefficient (Wildman–Crippen LogP) is 2.22. The largest absolute Gasteiger partial charge is 0.445 e. The number of aliphatic hydroxyl groups excluding tert-OH is 1. The molecule has 174 valence electrons. The zero-order valence-corrected chi connectivity index (χ0v) is 18.9. The van der Waals surface area contributed by atoms with Crippen LogP contribution in [0.2, 0.25) is 0 Å². The first kappa shape index (κ1) is 24.2. The first-order chi connectivity index (χ1) is 15.3. The van der Waals surface area contributed by atoms with Crippen molar-refractivity contribution in [3.8, 4) is 0 Å². The molecule has 32 heavy (non-hydrogen) atoms. The van der Waals surface area contributed by atoms with Crippen LogP contribution in [0.1, 0.15) is 30.4 Å². The second-order valence-electron chi connectivity index (χ2n) is 8.47. The van der Waals surface area contributed by atoms with Gasteiger partial charge in [-0.3, -0.25) is 0 Å². The number of nitrogens with one attached hydrogen (secondary N) is 1. The summed E-state index contributed by atoms with van der Waals surface area (Å²) in [5.74, 6) is -0.00898. The van der Waals surface area contributed by atoms with Crippen molar-refractivity contribution in [2.45, 2.75) is 56.4 Å². The van der Waals surface area contributed by atoms with Crippen molar-refractivity contribution in [1.29, 1.82) is 0 Å². The van der Waals surface area contributed by atoms with Gasteiger partial charge in [-0.1, -0.05) is 60.7 Å². The fourth-order valence-electron chi connectivity index (χ4n) is 4.01. The van der Waals surface area contributed by atoms with Gasteiger partial charge in [0.15, 0.2) is 9.84 Å². The van der Waals surface area contributed by atoms with Crippen molar-refractivity contribution >= 4 is 15.9 Å². The standard InChI is InChI=1S/C24H32N2O5S/c25-22(15-19-10-5-2-6-11-19)23(27)16-20(14-18-8-3-1-4-9-18)26-24(28)31-21-12-7-13-32(29,30)17-21/h1-6,8-11,20-23,27H,7,12-17,25H2,(H,26,28)/t20-,21+,22-,23-/m0/s1. The van der Waals surface area contributed by atoms with E-state index in [4.69, 9.17) is 10.5 Å². The van der Waals surface area contributed by atoms with Gasteiger partial charge in [0, 0.05) is 12.1 Å². The SMILES string of the molecule is N[C@@H](Cc1ccccc1)[C@@H](O)C[C@H](Cc1ccccc1)NC(=O)O[C@@H]1CCCS(=O)(=O)C1. The average molecular weight is 461 g/mol. The highest BCUT2D eigenvalue weighted by Crippen LogP contribution is 2.16. The highest BCUT2D eigenvalue weighted by Gasteiger charge is 2.29. The fraction of sp³-hybridized carbons (Fsp3) is 0.458. The Morgan fingerprint density at radius 3 is 2.25 bits per heavy atom. The summed E-state index contributed by atoms with van der Waals surface area (Å²) < 4.78 is 29.0. The van der Waals surface area contributed by atoms with Gasteiger partial charge in [-0.25, -0.2) is 13.2 Å². The number of sulfone groups is 1. The van der Waals surface area contributed by atoms with Crippen LogP contribution in [0.4, 0.5) is 4.79 Å². The summed E-state index contributed by atoms with van der Waals surface area (Å²) >= 11 is 0. The van der Waals surface area contributed by atoms with Crippen LogP contribution >= 0.6 is 0 Å². The van der Waals surface area contributed by atoms with E-state index in [-0.39, 0.29) is 17.9 Å². The van der Waals surface area contributed by atoms with E-state index in [0.29, 0.717) is 25.7 Å². The molecule has 1 saturated heterocycles. The van der Waals surface area contributed by atoms with Crippen LogP contribution in [0, 0.1) is 0 Å². The minimum absolute atomic E-state index is 0.136. The number of ether oxygens (including phenoxy) is 1. The molecule has 1 aliphatic rings. The Bertz CT molecular complexity index is 953. The molecular formula is C24H32N2O5S. The number of nitrogens with two attached hydrogens (primary N) is 1. The highest BCUT2D eigenvalue weighted by molar-refractivity contribution is 7.91. The minimum Gasteiger partial charge on any atom is -0.445 e. The second-order valence-corrected chi connectivity index (χ2v) is 10.7. The number of rotatable bonds is 9. The summed E-state index contributed by atoms with van der Waals surface area (Å²) in [6, 6.07) is 18.4. The number of carbonyl (C=O) groups excluding carboxylic acids is 1. The lowest BCUT2D eigenvalue weighted by Gasteiger charge is -2.27. The first-order valence-corrected chi connectivity index (χ1v) is 12.8. The molecule has 0 bridgehead atoms. The Balaban J connectivity index is 1.61. The van der Waals surface area contributed by atoms with E-state index >= 15 is 0 Å². The molecule has 1 heterocycles. The van der Waals surface area contributed by atoms with Gasteiger partial charge in [0.25, 0.3) is 0 Å². The second kappa shape index (κ2) is 11.4. The Hall–Kier alpha value is -2.42. The van der Waals surface area contributed by atoms with E-state index < -0.39 is 40.2 Å². The average Bonchev–Trinajstić information content (AvgIpc) is 2.74. The van der Waals surface area contributed by atoms with Gasteiger partial charge in [-0.05, 0) is 43.2 Å². The fourth-order valence-corrected chi connectivity index (χ4v) is 5.58. The van der Waals surface area contributed by atoms with Gasteiger partial charge >= 0.3 is 6.09 Å². The van der Waals surface area contributed by atoms with Crippen LogP contribution in [-0.4, -0.2) is 55.4 Å². The number of hydrogen-bond acceptors (Lipinski definition) is 6. The quantitative estimate of drug-likeness (QED) is 0.528. The topological polar surface area (TPSA) is 119 Å². The van der Waals surface area contributed by atoms with Crippen molar-refractivity contribution in [1.82, 2.24) is 5.32 Å². The summed E-state index contributed by atoms with van der Waals surface area (Å²) in [5.41, 5.74) is 8.27. The molecule has 0 spiro atoms. The Kier molecular flexibility index (Phi) is 8.67. The molecule has 1 aliphatic heterocycles.